The van der Waals surface area contributed by atoms with Gasteiger partial charge in [-0.15, -0.1) is 0 Å². The second-order valence-corrected chi connectivity index (χ2v) is 9.22. The average molecular weight is 410 g/mol. The van der Waals surface area contributed by atoms with Gasteiger partial charge >= 0.3 is 0 Å². The number of likely N-dealkylation sites (tertiary alicyclic amines) is 1. The first-order chi connectivity index (χ1) is 14.2. The van der Waals surface area contributed by atoms with Crippen LogP contribution in [0.15, 0.2) is 42.5 Å². The number of amides is 1. The molecule has 0 saturated carbocycles. The van der Waals surface area contributed by atoms with Crippen LogP contribution in [0.1, 0.15) is 48.4 Å². The standard InChI is InChI=1S/C24H28ClN3O/c25-22-9-8-19-21(27-22)7-4-12-24(19)16-26-15-20(24)23(29)28-13-10-18(11-14-28)17-5-2-1-3-6-17/h1-3,5-6,8-9,18,20,26H,4,7,10-16H2. The summed E-state index contributed by atoms with van der Waals surface area (Å²) >= 11 is 6.15. The number of aryl methyl sites for hydroxylation is 1. The second-order valence-electron chi connectivity index (χ2n) is 8.83. The number of piperidine rings is 1. The lowest BCUT2D eigenvalue weighted by Gasteiger charge is -2.42. The highest BCUT2D eigenvalue weighted by atomic mass is 35.5. The summed E-state index contributed by atoms with van der Waals surface area (Å²) < 4.78 is 0. The fourth-order valence-corrected chi connectivity index (χ4v) is 6.00. The number of halogens is 1. The van der Waals surface area contributed by atoms with E-state index in [-0.39, 0.29) is 11.3 Å². The van der Waals surface area contributed by atoms with Crippen molar-refractivity contribution in [3.8, 4) is 0 Å². The number of aromatic nitrogens is 1. The van der Waals surface area contributed by atoms with Crippen molar-refractivity contribution in [3.63, 3.8) is 0 Å². The third-order valence-electron chi connectivity index (χ3n) is 7.34. The average Bonchev–Trinajstić information content (AvgIpc) is 3.18. The third-order valence-corrected chi connectivity index (χ3v) is 7.56. The van der Waals surface area contributed by atoms with Crippen molar-refractivity contribution < 1.29 is 4.79 Å². The zero-order chi connectivity index (χ0) is 19.8. The van der Waals surface area contributed by atoms with Gasteiger partial charge in [0.25, 0.3) is 0 Å². The zero-order valence-electron chi connectivity index (χ0n) is 16.7. The smallest absolute Gasteiger partial charge is 0.227 e. The molecule has 5 rings (SSSR count). The molecule has 2 aliphatic heterocycles. The van der Waals surface area contributed by atoms with E-state index in [4.69, 9.17) is 11.6 Å². The van der Waals surface area contributed by atoms with Crippen molar-refractivity contribution in [2.24, 2.45) is 5.92 Å². The van der Waals surface area contributed by atoms with Gasteiger partial charge in [0.1, 0.15) is 5.15 Å². The van der Waals surface area contributed by atoms with E-state index in [9.17, 15) is 4.79 Å². The van der Waals surface area contributed by atoms with Crippen molar-refractivity contribution in [1.82, 2.24) is 15.2 Å². The number of carbonyl (C=O) groups excluding carboxylic acids is 1. The Labute approximate surface area is 177 Å². The minimum absolute atomic E-state index is 0.00204. The fourth-order valence-electron chi connectivity index (χ4n) is 5.83. The molecular formula is C24H28ClN3O. The molecule has 2 unspecified atom stereocenters. The molecule has 4 nitrogen and oxygen atoms in total. The van der Waals surface area contributed by atoms with Gasteiger partial charge in [-0.05, 0) is 55.2 Å². The number of nitrogens with zero attached hydrogens (tertiary/aromatic N) is 2. The van der Waals surface area contributed by atoms with E-state index < -0.39 is 0 Å². The predicted octanol–water partition coefficient (Wildman–Crippen LogP) is 3.93. The Morgan fingerprint density at radius 1 is 1.14 bits per heavy atom. The van der Waals surface area contributed by atoms with Crippen LogP contribution in [0.4, 0.5) is 0 Å². The predicted molar refractivity (Wildman–Crippen MR) is 115 cm³/mol. The summed E-state index contributed by atoms with van der Waals surface area (Å²) in [6.45, 7) is 3.34. The molecule has 3 aliphatic rings. The van der Waals surface area contributed by atoms with Crippen LogP contribution in [0.25, 0.3) is 0 Å². The van der Waals surface area contributed by atoms with Crippen LogP contribution in [-0.2, 0) is 16.6 Å². The number of fused-ring (bicyclic) bond motifs is 2. The summed E-state index contributed by atoms with van der Waals surface area (Å²) in [7, 11) is 0. The molecule has 3 heterocycles. The highest BCUT2D eigenvalue weighted by Crippen LogP contribution is 2.46. The minimum atomic E-state index is -0.126. The molecule has 5 heteroatoms. The van der Waals surface area contributed by atoms with Crippen LogP contribution in [0.5, 0.6) is 0 Å². The molecule has 29 heavy (non-hydrogen) atoms. The zero-order valence-corrected chi connectivity index (χ0v) is 17.5. The molecule has 1 aliphatic carbocycles. The molecule has 1 aromatic heterocycles. The van der Waals surface area contributed by atoms with Crippen molar-refractivity contribution in [3.05, 3.63) is 64.4 Å². The monoisotopic (exact) mass is 409 g/mol. The Balaban J connectivity index is 1.35. The van der Waals surface area contributed by atoms with Gasteiger partial charge in [-0.3, -0.25) is 4.79 Å². The minimum Gasteiger partial charge on any atom is -0.342 e. The molecule has 2 atom stereocenters. The Morgan fingerprint density at radius 3 is 2.72 bits per heavy atom. The van der Waals surface area contributed by atoms with E-state index in [1.54, 1.807) is 0 Å². The van der Waals surface area contributed by atoms with E-state index in [0.717, 1.165) is 64.0 Å². The number of pyridine rings is 1. The largest absolute Gasteiger partial charge is 0.342 e. The molecule has 2 fully saturated rings. The SMILES string of the molecule is O=C(C1CNCC12CCCc1nc(Cl)ccc12)N1CCC(c2ccccc2)CC1. The lowest BCUT2D eigenvalue weighted by molar-refractivity contribution is -0.138. The van der Waals surface area contributed by atoms with Gasteiger partial charge in [0, 0.05) is 37.3 Å². The van der Waals surface area contributed by atoms with Gasteiger partial charge < -0.3 is 10.2 Å². The molecule has 2 aromatic rings. The van der Waals surface area contributed by atoms with Gasteiger partial charge in [-0.2, -0.15) is 0 Å². The highest BCUT2D eigenvalue weighted by Gasteiger charge is 2.51. The van der Waals surface area contributed by atoms with Crippen LogP contribution in [0, 0.1) is 5.92 Å². The van der Waals surface area contributed by atoms with Gasteiger partial charge in [0.05, 0.1) is 5.92 Å². The van der Waals surface area contributed by atoms with E-state index in [1.165, 1.54) is 11.1 Å². The number of carbonyl (C=O) groups is 1. The molecule has 152 valence electrons. The Morgan fingerprint density at radius 2 is 1.93 bits per heavy atom. The van der Waals surface area contributed by atoms with Gasteiger partial charge in [-0.25, -0.2) is 4.98 Å². The molecule has 0 radical (unpaired) electrons. The van der Waals surface area contributed by atoms with Crippen LogP contribution < -0.4 is 5.32 Å². The Hall–Kier alpha value is -1.91. The number of nitrogens with one attached hydrogen (secondary N) is 1. The van der Waals surface area contributed by atoms with E-state index >= 15 is 0 Å². The molecular weight excluding hydrogens is 382 g/mol. The lowest BCUT2D eigenvalue weighted by atomic mass is 9.65. The first-order valence-corrected chi connectivity index (χ1v) is 11.3. The maximum Gasteiger partial charge on any atom is 0.227 e. The Bertz CT molecular complexity index is 894. The number of hydrogen-bond acceptors (Lipinski definition) is 3. The number of benzene rings is 1. The summed E-state index contributed by atoms with van der Waals surface area (Å²) in [5.41, 5.74) is 3.62. The van der Waals surface area contributed by atoms with Crippen LogP contribution in [0.3, 0.4) is 0 Å². The lowest BCUT2D eigenvalue weighted by Crippen LogP contribution is -2.49. The normalized spacial score (nSPS) is 27.2. The first-order valence-electron chi connectivity index (χ1n) is 10.9. The first kappa shape index (κ1) is 19.1. The Kier molecular flexibility index (Phi) is 5.09. The van der Waals surface area contributed by atoms with Crippen molar-refractivity contribution in [1.29, 1.82) is 0 Å². The maximum atomic E-state index is 13.6. The summed E-state index contributed by atoms with van der Waals surface area (Å²) in [6.07, 6.45) is 5.18. The summed E-state index contributed by atoms with van der Waals surface area (Å²) in [6, 6.07) is 14.7. The van der Waals surface area contributed by atoms with Crippen LogP contribution in [0.2, 0.25) is 5.15 Å². The van der Waals surface area contributed by atoms with Crippen molar-refractivity contribution in [2.75, 3.05) is 26.2 Å². The molecule has 1 amide bonds. The van der Waals surface area contributed by atoms with E-state index in [2.05, 4.69) is 51.6 Å². The fraction of sp³-hybridized carbons (Fsp3) is 0.500. The molecule has 1 N–H and O–H groups in total. The number of hydrogen-bond donors (Lipinski definition) is 1. The summed E-state index contributed by atoms with van der Waals surface area (Å²) in [5, 5.41) is 4.09. The maximum absolute atomic E-state index is 13.6. The van der Waals surface area contributed by atoms with Crippen LogP contribution in [-0.4, -0.2) is 42.0 Å². The van der Waals surface area contributed by atoms with Crippen molar-refractivity contribution >= 4 is 17.5 Å². The van der Waals surface area contributed by atoms with Crippen molar-refractivity contribution in [2.45, 2.75) is 43.4 Å². The summed E-state index contributed by atoms with van der Waals surface area (Å²) in [4.78, 5) is 20.3. The molecule has 0 bridgehead atoms. The highest BCUT2D eigenvalue weighted by molar-refractivity contribution is 6.29. The topological polar surface area (TPSA) is 45.2 Å². The van der Waals surface area contributed by atoms with Gasteiger partial charge in [-0.1, -0.05) is 48.0 Å². The van der Waals surface area contributed by atoms with Crippen LogP contribution >= 0.6 is 11.6 Å². The second kappa shape index (κ2) is 7.73. The van der Waals surface area contributed by atoms with E-state index in [0.29, 0.717) is 17.0 Å². The molecule has 1 aromatic carbocycles. The molecule has 1 spiro atoms. The summed E-state index contributed by atoms with van der Waals surface area (Å²) in [5.74, 6) is 0.889. The molecule has 2 saturated heterocycles. The number of rotatable bonds is 2. The van der Waals surface area contributed by atoms with E-state index in [1.807, 2.05) is 6.07 Å². The third kappa shape index (κ3) is 3.36. The van der Waals surface area contributed by atoms with Gasteiger partial charge in [0.2, 0.25) is 5.91 Å². The van der Waals surface area contributed by atoms with Gasteiger partial charge in [0.15, 0.2) is 0 Å². The quantitative estimate of drug-likeness (QED) is 0.764.